The van der Waals surface area contributed by atoms with Crippen molar-refractivity contribution in [1.82, 2.24) is 4.90 Å². The number of ether oxygens (including phenoxy) is 1. The first-order valence-corrected chi connectivity index (χ1v) is 6.43. The molecule has 1 N–H and O–H groups in total. The van der Waals surface area contributed by atoms with Gasteiger partial charge in [0, 0.05) is 25.6 Å². The highest BCUT2D eigenvalue weighted by Gasteiger charge is 2.57. The molecule has 1 fully saturated rings. The lowest BCUT2D eigenvalue weighted by Gasteiger charge is -2.26. The van der Waals surface area contributed by atoms with E-state index in [2.05, 4.69) is 0 Å². The van der Waals surface area contributed by atoms with Crippen LogP contribution in [0, 0.1) is 0 Å². The van der Waals surface area contributed by atoms with Crippen LogP contribution in [0.2, 0.25) is 0 Å². The zero-order valence-electron chi connectivity index (χ0n) is 11.5. The van der Waals surface area contributed by atoms with E-state index in [1.165, 1.54) is 13.2 Å². The molecule has 4 nitrogen and oxygen atoms in total. The summed E-state index contributed by atoms with van der Waals surface area (Å²) in [7, 11) is 1.51. The largest absolute Gasteiger partial charge is 0.419 e. The van der Waals surface area contributed by atoms with Gasteiger partial charge in [0.25, 0.3) is 5.91 Å². The van der Waals surface area contributed by atoms with Gasteiger partial charge in [-0.1, -0.05) is 12.1 Å². The van der Waals surface area contributed by atoms with Crippen LogP contribution >= 0.6 is 0 Å². The van der Waals surface area contributed by atoms with Gasteiger partial charge in [0.15, 0.2) is 5.60 Å². The number of methoxy groups -OCH3 is 1. The average molecular weight is 303 g/mol. The molecule has 1 amide bonds. The molecule has 1 heterocycles. The molecular weight excluding hydrogens is 287 g/mol. The predicted octanol–water partition coefficient (Wildman–Crippen LogP) is 1.97. The molecule has 0 spiro atoms. The van der Waals surface area contributed by atoms with Crippen LogP contribution in [0.3, 0.4) is 0 Å². The summed E-state index contributed by atoms with van der Waals surface area (Å²) in [5.74, 6) is -0.520. The monoisotopic (exact) mass is 303 g/mol. The van der Waals surface area contributed by atoms with Crippen molar-refractivity contribution in [2.45, 2.75) is 24.8 Å². The van der Waals surface area contributed by atoms with Crippen LogP contribution in [-0.2, 0) is 11.3 Å². The minimum absolute atomic E-state index is 0.122. The van der Waals surface area contributed by atoms with Crippen LogP contribution in [0.15, 0.2) is 24.3 Å². The number of rotatable bonds is 3. The zero-order valence-corrected chi connectivity index (χ0v) is 11.5. The summed E-state index contributed by atoms with van der Waals surface area (Å²) in [6.07, 6.45) is -5.24. The molecule has 1 aliphatic heterocycles. The molecule has 1 aromatic rings. The Morgan fingerprint density at radius 2 is 2.19 bits per heavy atom. The van der Waals surface area contributed by atoms with E-state index in [1.54, 1.807) is 18.2 Å². The van der Waals surface area contributed by atoms with Gasteiger partial charge in [-0.15, -0.1) is 0 Å². The second-order valence-corrected chi connectivity index (χ2v) is 5.14. The summed E-state index contributed by atoms with van der Waals surface area (Å²) in [4.78, 5) is 13.3. The Balaban J connectivity index is 2.13. The lowest BCUT2D eigenvalue weighted by Crippen LogP contribution is -2.48. The molecule has 0 bridgehead atoms. The maximum Gasteiger partial charge on any atom is 0.419 e. The fourth-order valence-electron chi connectivity index (χ4n) is 2.34. The number of carbonyl (C=O) groups is 1. The SMILES string of the molecule is COCc1cccc(C(=O)N2CCC(O)(C(F)(F)F)C2)c1. The Hall–Kier alpha value is -1.60. The highest BCUT2D eigenvalue weighted by Crippen LogP contribution is 2.37. The zero-order chi connectivity index (χ0) is 15.7. The standard InChI is InChI=1S/C14H16F3NO3/c1-21-8-10-3-2-4-11(7-10)12(19)18-6-5-13(20,9-18)14(15,16)17/h2-4,7,20H,5-6,8-9H2,1H3. The molecule has 1 atom stereocenters. The summed E-state index contributed by atoms with van der Waals surface area (Å²) in [6.45, 7) is -0.541. The number of likely N-dealkylation sites (tertiary alicyclic amines) is 1. The summed E-state index contributed by atoms with van der Waals surface area (Å²) in [5.41, 5.74) is -1.77. The van der Waals surface area contributed by atoms with Crippen LogP contribution < -0.4 is 0 Å². The van der Waals surface area contributed by atoms with Gasteiger partial charge in [-0.05, 0) is 17.7 Å². The minimum Gasteiger partial charge on any atom is -0.380 e. The third-order valence-electron chi connectivity index (χ3n) is 3.55. The molecule has 21 heavy (non-hydrogen) atoms. The highest BCUT2D eigenvalue weighted by molar-refractivity contribution is 5.94. The maximum atomic E-state index is 12.7. The Morgan fingerprint density at radius 3 is 2.76 bits per heavy atom. The summed E-state index contributed by atoms with van der Waals surface area (Å²) >= 11 is 0. The summed E-state index contributed by atoms with van der Waals surface area (Å²) < 4.78 is 43.2. The summed E-state index contributed by atoms with van der Waals surface area (Å²) in [5, 5.41) is 9.59. The first-order chi connectivity index (χ1) is 9.77. The Bertz CT molecular complexity index is 532. The van der Waals surface area contributed by atoms with Gasteiger partial charge in [-0.2, -0.15) is 13.2 Å². The average Bonchev–Trinajstić information content (AvgIpc) is 2.82. The van der Waals surface area contributed by atoms with Crippen LogP contribution in [0.4, 0.5) is 13.2 Å². The molecule has 0 saturated carbocycles. The third kappa shape index (κ3) is 3.19. The van der Waals surface area contributed by atoms with Crippen molar-refractivity contribution in [3.05, 3.63) is 35.4 Å². The highest BCUT2D eigenvalue weighted by atomic mass is 19.4. The predicted molar refractivity (Wildman–Crippen MR) is 68.7 cm³/mol. The number of benzene rings is 1. The number of hydrogen-bond donors (Lipinski definition) is 1. The van der Waals surface area contributed by atoms with E-state index in [0.717, 1.165) is 10.5 Å². The van der Waals surface area contributed by atoms with E-state index in [0.29, 0.717) is 6.61 Å². The number of amides is 1. The van der Waals surface area contributed by atoms with Crippen molar-refractivity contribution in [2.75, 3.05) is 20.2 Å². The Morgan fingerprint density at radius 1 is 1.48 bits per heavy atom. The molecule has 116 valence electrons. The molecule has 0 radical (unpaired) electrons. The number of nitrogens with zero attached hydrogens (tertiary/aromatic N) is 1. The van der Waals surface area contributed by atoms with E-state index in [-0.39, 0.29) is 12.1 Å². The number of halogens is 3. The van der Waals surface area contributed by atoms with E-state index < -0.39 is 30.7 Å². The summed E-state index contributed by atoms with van der Waals surface area (Å²) in [6, 6.07) is 6.52. The van der Waals surface area contributed by atoms with Crippen LogP contribution in [-0.4, -0.2) is 47.9 Å². The van der Waals surface area contributed by atoms with Crippen molar-refractivity contribution in [2.24, 2.45) is 0 Å². The van der Waals surface area contributed by atoms with Gasteiger partial charge >= 0.3 is 6.18 Å². The van der Waals surface area contributed by atoms with Crippen molar-refractivity contribution in [1.29, 1.82) is 0 Å². The normalized spacial score (nSPS) is 22.6. The smallest absolute Gasteiger partial charge is 0.380 e. The van der Waals surface area contributed by atoms with E-state index in [1.807, 2.05) is 0 Å². The first-order valence-electron chi connectivity index (χ1n) is 6.43. The Labute approximate surface area is 120 Å². The molecule has 0 aliphatic carbocycles. The van der Waals surface area contributed by atoms with Crippen LogP contribution in [0.25, 0.3) is 0 Å². The number of alkyl halides is 3. The fraction of sp³-hybridized carbons (Fsp3) is 0.500. The molecular formula is C14H16F3NO3. The first kappa shape index (κ1) is 15.8. The maximum absolute atomic E-state index is 12.7. The lowest BCUT2D eigenvalue weighted by molar-refractivity contribution is -0.253. The van der Waals surface area contributed by atoms with E-state index >= 15 is 0 Å². The number of hydrogen-bond acceptors (Lipinski definition) is 3. The fourth-order valence-corrected chi connectivity index (χ4v) is 2.34. The molecule has 0 aromatic heterocycles. The van der Waals surface area contributed by atoms with Gasteiger partial charge in [0.1, 0.15) is 0 Å². The molecule has 7 heteroatoms. The van der Waals surface area contributed by atoms with Gasteiger partial charge in [-0.3, -0.25) is 4.79 Å². The second kappa shape index (κ2) is 5.65. The van der Waals surface area contributed by atoms with Crippen molar-refractivity contribution in [3.63, 3.8) is 0 Å². The molecule has 2 rings (SSSR count). The molecule has 1 aliphatic rings. The topological polar surface area (TPSA) is 49.8 Å². The van der Waals surface area contributed by atoms with Gasteiger partial charge < -0.3 is 14.7 Å². The van der Waals surface area contributed by atoms with E-state index in [9.17, 15) is 23.1 Å². The molecule has 1 saturated heterocycles. The number of carbonyl (C=O) groups excluding carboxylic acids is 1. The van der Waals surface area contributed by atoms with Gasteiger partial charge in [0.05, 0.1) is 13.2 Å². The third-order valence-corrected chi connectivity index (χ3v) is 3.55. The van der Waals surface area contributed by atoms with Gasteiger partial charge in [-0.25, -0.2) is 0 Å². The van der Waals surface area contributed by atoms with Crippen molar-refractivity contribution >= 4 is 5.91 Å². The number of β-amino-alcohol motifs (C(OH)–C–C–N with tert-alkyl or cyclic N) is 1. The van der Waals surface area contributed by atoms with Crippen molar-refractivity contribution < 1.29 is 27.8 Å². The molecule has 1 aromatic carbocycles. The van der Waals surface area contributed by atoms with Crippen LogP contribution in [0.5, 0.6) is 0 Å². The number of aliphatic hydroxyl groups is 1. The minimum atomic E-state index is -4.74. The second-order valence-electron chi connectivity index (χ2n) is 5.14. The van der Waals surface area contributed by atoms with Crippen LogP contribution in [0.1, 0.15) is 22.3 Å². The van der Waals surface area contributed by atoms with Gasteiger partial charge in [0.2, 0.25) is 0 Å². The quantitative estimate of drug-likeness (QED) is 0.929. The Kier molecular flexibility index (Phi) is 4.25. The molecule has 1 unspecified atom stereocenters. The lowest BCUT2D eigenvalue weighted by atomic mass is 10.0. The van der Waals surface area contributed by atoms with E-state index in [4.69, 9.17) is 4.74 Å². The van der Waals surface area contributed by atoms with Crippen molar-refractivity contribution in [3.8, 4) is 0 Å².